The summed E-state index contributed by atoms with van der Waals surface area (Å²) in [6, 6.07) is 6.68. The first-order valence-corrected chi connectivity index (χ1v) is 6.92. The van der Waals surface area contributed by atoms with Gasteiger partial charge in [0.25, 0.3) is 0 Å². The lowest BCUT2D eigenvalue weighted by atomic mass is 9.88. The van der Waals surface area contributed by atoms with Gasteiger partial charge >= 0.3 is 6.03 Å². The number of hydrogen-bond donors (Lipinski definition) is 2. The third kappa shape index (κ3) is 1.29. The van der Waals surface area contributed by atoms with E-state index in [9.17, 15) is 4.79 Å². The van der Waals surface area contributed by atoms with Gasteiger partial charge in [-0.05, 0) is 43.7 Å². The lowest BCUT2D eigenvalue weighted by molar-refractivity contribution is 0.167. The first-order chi connectivity index (χ1) is 9.13. The van der Waals surface area contributed by atoms with E-state index in [1.807, 2.05) is 4.90 Å². The average molecular weight is 255 g/mol. The Kier molecular flexibility index (Phi) is 1.96. The predicted molar refractivity (Wildman–Crippen MR) is 72.3 cm³/mol. The van der Waals surface area contributed by atoms with E-state index in [4.69, 9.17) is 5.41 Å². The van der Waals surface area contributed by atoms with E-state index in [0.29, 0.717) is 11.9 Å². The van der Waals surface area contributed by atoms with Crippen LogP contribution < -0.4 is 5.32 Å². The summed E-state index contributed by atoms with van der Waals surface area (Å²) in [6.07, 6.45) is 3.95. The van der Waals surface area contributed by atoms with Crippen LogP contribution in [0.25, 0.3) is 0 Å². The summed E-state index contributed by atoms with van der Waals surface area (Å²) in [6.45, 7) is 2.07. The van der Waals surface area contributed by atoms with E-state index in [0.717, 1.165) is 25.7 Å². The Balaban J connectivity index is 1.92. The molecule has 0 bridgehead atoms. The largest absolute Gasteiger partial charge is 0.324 e. The fraction of sp³-hybridized carbons (Fsp3) is 0.467. The lowest BCUT2D eigenvalue weighted by Crippen LogP contribution is -2.46. The molecule has 1 unspecified atom stereocenters. The molecular weight excluding hydrogens is 238 g/mol. The first kappa shape index (κ1) is 11.0. The standard InChI is InChI=1S/C15H17N3O/c1-9-2-3-10-6-7-15(12(10)8-9)13(16)17-14(19)18(15)11-4-5-11/h2-3,8,11H,4-7H2,1H3,(H2,16,17,19). The number of rotatable bonds is 1. The maximum Gasteiger partial charge on any atom is 0.324 e. The lowest BCUT2D eigenvalue weighted by Gasteiger charge is -2.34. The number of aryl methyl sites for hydroxylation is 2. The number of carbonyl (C=O) groups is 1. The van der Waals surface area contributed by atoms with Gasteiger partial charge in [0, 0.05) is 6.04 Å². The maximum absolute atomic E-state index is 12.2. The molecule has 0 aromatic heterocycles. The second-order valence-electron chi connectivity index (χ2n) is 5.93. The molecule has 19 heavy (non-hydrogen) atoms. The predicted octanol–water partition coefficient (Wildman–Crippen LogP) is 2.30. The Morgan fingerprint density at radius 2 is 2.21 bits per heavy atom. The number of nitrogens with one attached hydrogen (secondary N) is 2. The molecule has 4 rings (SSSR count). The van der Waals surface area contributed by atoms with Crippen molar-refractivity contribution in [1.82, 2.24) is 10.2 Å². The van der Waals surface area contributed by atoms with E-state index >= 15 is 0 Å². The monoisotopic (exact) mass is 255 g/mol. The summed E-state index contributed by atoms with van der Waals surface area (Å²) >= 11 is 0. The second kappa shape index (κ2) is 3.38. The van der Waals surface area contributed by atoms with Crippen LogP contribution in [0.3, 0.4) is 0 Å². The van der Waals surface area contributed by atoms with Crippen LogP contribution >= 0.6 is 0 Å². The molecule has 1 aromatic carbocycles. The smallest absolute Gasteiger partial charge is 0.305 e. The molecule has 1 saturated heterocycles. The number of carbonyl (C=O) groups excluding carboxylic acids is 1. The van der Waals surface area contributed by atoms with Crippen LogP contribution in [0.5, 0.6) is 0 Å². The van der Waals surface area contributed by atoms with Crippen LogP contribution in [-0.4, -0.2) is 22.8 Å². The molecule has 2 N–H and O–H groups in total. The van der Waals surface area contributed by atoms with Gasteiger partial charge in [-0.1, -0.05) is 23.8 Å². The van der Waals surface area contributed by atoms with Gasteiger partial charge in [-0.25, -0.2) is 4.79 Å². The van der Waals surface area contributed by atoms with Crippen molar-refractivity contribution >= 4 is 11.9 Å². The van der Waals surface area contributed by atoms with Crippen molar-refractivity contribution < 1.29 is 4.79 Å². The minimum Gasteiger partial charge on any atom is -0.305 e. The highest BCUT2D eigenvalue weighted by Gasteiger charge is 2.58. The molecule has 0 radical (unpaired) electrons. The van der Waals surface area contributed by atoms with Crippen molar-refractivity contribution in [3.8, 4) is 0 Å². The SMILES string of the molecule is Cc1ccc2c(c1)C1(CC2)C(=N)NC(=O)N1C1CC1. The van der Waals surface area contributed by atoms with Gasteiger partial charge in [0.05, 0.1) is 0 Å². The molecule has 1 saturated carbocycles. The number of amidine groups is 1. The highest BCUT2D eigenvalue weighted by Crippen LogP contribution is 2.49. The molecule has 98 valence electrons. The Morgan fingerprint density at radius 1 is 1.42 bits per heavy atom. The zero-order valence-electron chi connectivity index (χ0n) is 11.0. The molecule has 1 spiro atoms. The Labute approximate surface area is 112 Å². The second-order valence-corrected chi connectivity index (χ2v) is 5.93. The summed E-state index contributed by atoms with van der Waals surface area (Å²) in [5.41, 5.74) is 3.16. The van der Waals surface area contributed by atoms with Gasteiger partial charge in [-0.15, -0.1) is 0 Å². The maximum atomic E-state index is 12.2. The van der Waals surface area contributed by atoms with Crippen LogP contribution in [0.15, 0.2) is 18.2 Å². The van der Waals surface area contributed by atoms with E-state index < -0.39 is 5.54 Å². The molecule has 2 amide bonds. The van der Waals surface area contributed by atoms with Gasteiger partial charge in [0.15, 0.2) is 0 Å². The molecule has 1 aromatic rings. The molecule has 3 aliphatic rings. The summed E-state index contributed by atoms with van der Waals surface area (Å²) in [7, 11) is 0. The number of urea groups is 1. The average Bonchev–Trinajstić information content (AvgIpc) is 3.07. The zero-order valence-corrected chi connectivity index (χ0v) is 11.0. The minimum absolute atomic E-state index is 0.0816. The fourth-order valence-corrected chi connectivity index (χ4v) is 3.63. The quantitative estimate of drug-likeness (QED) is 0.795. The Bertz CT molecular complexity index is 605. The van der Waals surface area contributed by atoms with Crippen molar-refractivity contribution in [3.63, 3.8) is 0 Å². The third-order valence-electron chi connectivity index (χ3n) is 4.65. The first-order valence-electron chi connectivity index (χ1n) is 6.92. The van der Waals surface area contributed by atoms with Crippen molar-refractivity contribution in [1.29, 1.82) is 5.41 Å². The molecule has 4 heteroatoms. The van der Waals surface area contributed by atoms with Crippen molar-refractivity contribution in [2.75, 3.05) is 0 Å². The van der Waals surface area contributed by atoms with Gasteiger partial charge in [0.2, 0.25) is 0 Å². The van der Waals surface area contributed by atoms with Crippen LogP contribution in [0.1, 0.15) is 36.0 Å². The topological polar surface area (TPSA) is 56.2 Å². The summed E-state index contributed by atoms with van der Waals surface area (Å²) < 4.78 is 0. The number of hydrogen-bond acceptors (Lipinski definition) is 2. The fourth-order valence-electron chi connectivity index (χ4n) is 3.63. The van der Waals surface area contributed by atoms with Gasteiger partial charge in [-0.2, -0.15) is 0 Å². The van der Waals surface area contributed by atoms with E-state index in [-0.39, 0.29) is 6.03 Å². The number of benzene rings is 1. The van der Waals surface area contributed by atoms with E-state index in [1.165, 1.54) is 16.7 Å². The highest BCUT2D eigenvalue weighted by molar-refractivity contribution is 6.09. The van der Waals surface area contributed by atoms with Crippen LogP contribution in [0, 0.1) is 12.3 Å². The zero-order chi connectivity index (χ0) is 13.2. The summed E-state index contributed by atoms with van der Waals surface area (Å²) in [5, 5.41) is 11.1. The molecule has 4 nitrogen and oxygen atoms in total. The molecule has 1 aliphatic heterocycles. The van der Waals surface area contributed by atoms with Gasteiger partial charge in [-0.3, -0.25) is 10.7 Å². The van der Waals surface area contributed by atoms with Gasteiger partial charge in [0.1, 0.15) is 11.4 Å². The molecule has 1 atom stereocenters. The summed E-state index contributed by atoms with van der Waals surface area (Å²) in [4.78, 5) is 14.1. The normalized spacial score (nSPS) is 29.0. The molecular formula is C15H17N3O. The highest BCUT2D eigenvalue weighted by atomic mass is 16.2. The van der Waals surface area contributed by atoms with Crippen molar-refractivity contribution in [2.24, 2.45) is 0 Å². The van der Waals surface area contributed by atoms with Gasteiger partial charge < -0.3 is 4.90 Å². The number of fused-ring (bicyclic) bond motifs is 2. The van der Waals surface area contributed by atoms with Crippen molar-refractivity contribution in [3.05, 3.63) is 34.9 Å². The molecule has 1 heterocycles. The summed E-state index contributed by atoms with van der Waals surface area (Å²) in [5.74, 6) is 0.369. The third-order valence-corrected chi connectivity index (χ3v) is 4.65. The Morgan fingerprint density at radius 3 is 2.95 bits per heavy atom. The Hall–Kier alpha value is -1.84. The van der Waals surface area contributed by atoms with E-state index in [2.05, 4.69) is 30.4 Å². The van der Waals surface area contributed by atoms with Crippen molar-refractivity contribution in [2.45, 2.75) is 44.2 Å². The minimum atomic E-state index is -0.500. The van der Waals surface area contributed by atoms with Crippen LogP contribution in [-0.2, 0) is 12.0 Å². The van der Waals surface area contributed by atoms with Crippen LogP contribution in [0.4, 0.5) is 4.79 Å². The van der Waals surface area contributed by atoms with E-state index in [1.54, 1.807) is 0 Å². The molecule has 2 fully saturated rings. The number of amides is 2. The molecule has 2 aliphatic carbocycles. The number of nitrogens with zero attached hydrogens (tertiary/aromatic N) is 1. The van der Waals surface area contributed by atoms with Crippen LogP contribution in [0.2, 0.25) is 0 Å².